The average Bonchev–Trinajstić information content (AvgIpc) is 3.34. The van der Waals surface area contributed by atoms with Gasteiger partial charge in [0.15, 0.2) is 11.0 Å². The minimum absolute atomic E-state index is 0.0723. The molecule has 0 spiro atoms. The maximum atomic E-state index is 12.5. The van der Waals surface area contributed by atoms with E-state index in [1.165, 1.54) is 18.0 Å². The van der Waals surface area contributed by atoms with Crippen LogP contribution in [0.2, 0.25) is 0 Å². The van der Waals surface area contributed by atoms with Crippen molar-refractivity contribution >= 4 is 23.9 Å². The minimum atomic E-state index is -0.316. The third-order valence-electron chi connectivity index (χ3n) is 5.24. The zero-order chi connectivity index (χ0) is 25.3. The van der Waals surface area contributed by atoms with Crippen molar-refractivity contribution in [3.05, 3.63) is 96.6 Å². The van der Waals surface area contributed by atoms with Crippen molar-refractivity contribution in [2.75, 3.05) is 12.9 Å². The molecule has 0 bridgehead atoms. The number of methoxy groups -OCH3 is 1. The number of amides is 1. The number of hydrogen-bond donors (Lipinski definition) is 2. The molecule has 0 aliphatic rings. The van der Waals surface area contributed by atoms with Gasteiger partial charge in [-0.3, -0.25) is 9.36 Å². The average molecular weight is 500 g/mol. The summed E-state index contributed by atoms with van der Waals surface area (Å²) < 4.78 is 7.18. The molecule has 1 aromatic heterocycles. The number of hydrazone groups is 1. The maximum Gasteiger partial charge on any atom is 0.250 e. The molecule has 182 valence electrons. The van der Waals surface area contributed by atoms with Crippen molar-refractivity contribution in [3.63, 3.8) is 0 Å². The van der Waals surface area contributed by atoms with Crippen LogP contribution in [0.5, 0.6) is 11.5 Å². The van der Waals surface area contributed by atoms with Crippen molar-refractivity contribution in [2.24, 2.45) is 5.10 Å². The van der Waals surface area contributed by atoms with E-state index in [2.05, 4.69) is 27.3 Å². The van der Waals surface area contributed by atoms with Crippen molar-refractivity contribution in [1.29, 1.82) is 0 Å². The van der Waals surface area contributed by atoms with Crippen molar-refractivity contribution < 1.29 is 14.6 Å². The summed E-state index contributed by atoms with van der Waals surface area (Å²) in [6.45, 7) is 3.69. The number of aromatic nitrogens is 3. The summed E-state index contributed by atoms with van der Waals surface area (Å²) in [6, 6.07) is 22.6. The van der Waals surface area contributed by atoms with E-state index in [1.54, 1.807) is 19.3 Å². The summed E-state index contributed by atoms with van der Waals surface area (Å²) in [7, 11) is 1.62. The van der Waals surface area contributed by atoms with Crippen LogP contribution in [0.4, 0.5) is 0 Å². The molecular formula is C27H25N5O3S. The molecule has 2 N–H and O–H groups in total. The number of allylic oxidation sites excluding steroid dienone is 1. The van der Waals surface area contributed by atoms with Crippen LogP contribution < -0.4 is 10.2 Å². The second kappa shape index (κ2) is 11.9. The van der Waals surface area contributed by atoms with Crippen LogP contribution in [0, 0.1) is 0 Å². The lowest BCUT2D eigenvalue weighted by Crippen LogP contribution is -2.20. The predicted molar refractivity (Wildman–Crippen MR) is 142 cm³/mol. The lowest BCUT2D eigenvalue weighted by molar-refractivity contribution is -0.118. The SMILES string of the molecule is C=CCc1cccc(/C=N/NC(=O)CSc2nnc(-c3ccccc3)n2-c2ccc(OC)cc2)c1O. The number of rotatable bonds is 10. The van der Waals surface area contributed by atoms with Gasteiger partial charge >= 0.3 is 0 Å². The molecule has 0 unspecified atom stereocenters. The van der Waals surface area contributed by atoms with Gasteiger partial charge in [0.2, 0.25) is 0 Å². The van der Waals surface area contributed by atoms with E-state index < -0.39 is 0 Å². The lowest BCUT2D eigenvalue weighted by atomic mass is 10.1. The fourth-order valence-corrected chi connectivity index (χ4v) is 4.22. The fraction of sp³-hybridized carbons (Fsp3) is 0.111. The topological polar surface area (TPSA) is 102 Å². The predicted octanol–water partition coefficient (Wildman–Crippen LogP) is 4.62. The lowest BCUT2D eigenvalue weighted by Gasteiger charge is -2.11. The largest absolute Gasteiger partial charge is 0.507 e. The number of phenolic OH excluding ortho intramolecular Hbond substituents is 1. The highest BCUT2D eigenvalue weighted by Gasteiger charge is 2.17. The van der Waals surface area contributed by atoms with Crippen LogP contribution in [0.3, 0.4) is 0 Å². The van der Waals surface area contributed by atoms with Gasteiger partial charge in [-0.2, -0.15) is 5.10 Å². The summed E-state index contributed by atoms with van der Waals surface area (Å²) in [5, 5.41) is 23.6. The molecule has 3 aromatic carbocycles. The van der Waals surface area contributed by atoms with Gasteiger partial charge in [-0.1, -0.05) is 60.3 Å². The standard InChI is InChI=1S/C27H25N5O3S/c1-3-8-19-11-7-12-21(25(19)34)17-28-29-24(33)18-36-27-31-30-26(20-9-5-4-6-10-20)32(27)22-13-15-23(35-2)16-14-22/h3-7,9-17,34H,1,8,18H2,2H3,(H,29,33)/b28-17+. The van der Waals surface area contributed by atoms with E-state index in [0.29, 0.717) is 23.0 Å². The number of phenols is 1. The van der Waals surface area contributed by atoms with Crippen molar-refractivity contribution in [2.45, 2.75) is 11.6 Å². The van der Waals surface area contributed by atoms with Crippen molar-refractivity contribution in [1.82, 2.24) is 20.2 Å². The van der Waals surface area contributed by atoms with Crippen LogP contribution >= 0.6 is 11.8 Å². The normalized spacial score (nSPS) is 10.9. The summed E-state index contributed by atoms with van der Waals surface area (Å²) in [5.41, 5.74) is 5.49. The Bertz CT molecular complexity index is 1370. The van der Waals surface area contributed by atoms with Crippen LogP contribution in [0.25, 0.3) is 17.1 Å². The molecule has 0 radical (unpaired) electrons. The third kappa shape index (κ3) is 5.81. The first-order valence-electron chi connectivity index (χ1n) is 11.1. The molecule has 0 saturated heterocycles. The Labute approximate surface area is 213 Å². The van der Waals surface area contributed by atoms with Gasteiger partial charge < -0.3 is 9.84 Å². The minimum Gasteiger partial charge on any atom is -0.507 e. The zero-order valence-electron chi connectivity index (χ0n) is 19.7. The van der Waals surface area contributed by atoms with Crippen LogP contribution in [0.15, 0.2) is 95.7 Å². The van der Waals surface area contributed by atoms with E-state index >= 15 is 0 Å². The Morgan fingerprint density at radius 1 is 1.11 bits per heavy atom. The van der Waals surface area contributed by atoms with Gasteiger partial charge in [0.25, 0.3) is 5.91 Å². The summed E-state index contributed by atoms with van der Waals surface area (Å²) in [5.74, 6) is 1.27. The second-order valence-corrected chi connectivity index (χ2v) is 8.58. The fourth-order valence-electron chi connectivity index (χ4n) is 3.47. The van der Waals surface area contributed by atoms with Gasteiger partial charge in [0.1, 0.15) is 11.5 Å². The molecule has 4 rings (SSSR count). The number of benzene rings is 3. The number of nitrogens with one attached hydrogen (secondary N) is 1. The molecule has 0 aliphatic heterocycles. The molecule has 0 aliphatic carbocycles. The molecule has 0 atom stereocenters. The molecule has 9 heteroatoms. The van der Waals surface area contributed by atoms with Gasteiger partial charge in [-0.25, -0.2) is 5.43 Å². The summed E-state index contributed by atoms with van der Waals surface area (Å²) in [6.07, 6.45) is 3.66. The highest BCUT2D eigenvalue weighted by Crippen LogP contribution is 2.29. The number of carbonyl (C=O) groups excluding carboxylic acids is 1. The second-order valence-electron chi connectivity index (χ2n) is 7.64. The molecular weight excluding hydrogens is 474 g/mol. The number of thioether (sulfide) groups is 1. The molecule has 8 nitrogen and oxygen atoms in total. The number of hydrogen-bond acceptors (Lipinski definition) is 7. The Morgan fingerprint density at radius 3 is 2.61 bits per heavy atom. The molecule has 0 fully saturated rings. The Morgan fingerprint density at radius 2 is 1.89 bits per heavy atom. The number of nitrogens with zero attached hydrogens (tertiary/aromatic N) is 4. The number of ether oxygens (including phenoxy) is 1. The summed E-state index contributed by atoms with van der Waals surface area (Å²) in [4.78, 5) is 12.5. The molecule has 36 heavy (non-hydrogen) atoms. The Kier molecular flexibility index (Phi) is 8.15. The maximum absolute atomic E-state index is 12.5. The van der Waals surface area contributed by atoms with Crippen LogP contribution in [-0.4, -0.2) is 44.9 Å². The van der Waals surface area contributed by atoms with Gasteiger partial charge in [-0.15, -0.1) is 16.8 Å². The first-order chi connectivity index (χ1) is 17.6. The number of carbonyl (C=O) groups is 1. The highest BCUT2D eigenvalue weighted by molar-refractivity contribution is 7.99. The van der Waals surface area contributed by atoms with E-state index in [0.717, 1.165) is 22.6 Å². The third-order valence-corrected chi connectivity index (χ3v) is 6.17. The van der Waals surface area contributed by atoms with Gasteiger partial charge in [0, 0.05) is 16.8 Å². The van der Waals surface area contributed by atoms with Crippen molar-refractivity contribution in [3.8, 4) is 28.6 Å². The molecule has 4 aromatic rings. The number of para-hydroxylation sites is 1. The molecule has 0 saturated carbocycles. The van der Waals surface area contributed by atoms with Gasteiger partial charge in [0.05, 0.1) is 19.1 Å². The van der Waals surface area contributed by atoms with E-state index in [1.807, 2.05) is 71.3 Å². The van der Waals surface area contributed by atoms with Crippen LogP contribution in [0.1, 0.15) is 11.1 Å². The molecule has 1 amide bonds. The van der Waals surface area contributed by atoms with Crippen LogP contribution in [-0.2, 0) is 11.2 Å². The monoisotopic (exact) mass is 499 g/mol. The Hall–Kier alpha value is -4.37. The highest BCUT2D eigenvalue weighted by atomic mass is 32.2. The summed E-state index contributed by atoms with van der Waals surface area (Å²) >= 11 is 1.25. The van der Waals surface area contributed by atoms with E-state index in [9.17, 15) is 9.90 Å². The van der Waals surface area contributed by atoms with E-state index in [-0.39, 0.29) is 17.4 Å². The Balaban J connectivity index is 1.49. The molecule has 1 heterocycles. The smallest absolute Gasteiger partial charge is 0.250 e. The first-order valence-corrected chi connectivity index (χ1v) is 12.1. The number of aromatic hydroxyl groups is 1. The van der Waals surface area contributed by atoms with E-state index in [4.69, 9.17) is 4.74 Å². The van der Waals surface area contributed by atoms with Gasteiger partial charge in [-0.05, 0) is 42.3 Å². The first kappa shape index (κ1) is 24.7. The zero-order valence-corrected chi connectivity index (χ0v) is 20.5. The quantitative estimate of drug-likeness (QED) is 0.143.